The Bertz CT molecular complexity index is 1200. The third-order valence-corrected chi connectivity index (χ3v) is 5.60. The molecule has 0 amide bonds. The van der Waals surface area contributed by atoms with Gasteiger partial charge in [0.25, 0.3) is 5.56 Å². The number of benzene rings is 1. The van der Waals surface area contributed by atoms with E-state index in [-0.39, 0.29) is 29.5 Å². The predicted octanol–water partition coefficient (Wildman–Crippen LogP) is 0.737. The number of aryl methyl sites for hydroxylation is 2. The van der Waals surface area contributed by atoms with Gasteiger partial charge in [-0.2, -0.15) is 0 Å². The van der Waals surface area contributed by atoms with E-state index in [2.05, 4.69) is 9.97 Å². The molecule has 0 radical (unpaired) electrons. The Kier molecular flexibility index (Phi) is 6.32. The van der Waals surface area contributed by atoms with E-state index in [4.69, 9.17) is 4.74 Å². The Balaban J connectivity index is 1.95. The van der Waals surface area contributed by atoms with Crippen LogP contribution in [0.3, 0.4) is 0 Å². The number of aromatic nitrogens is 4. The normalized spacial score (nSPS) is 13.3. The minimum Gasteiger partial charge on any atom is -0.491 e. The van der Waals surface area contributed by atoms with Crippen LogP contribution in [0, 0.1) is 6.92 Å². The zero-order chi connectivity index (χ0) is 22.0. The molecule has 3 aromatic rings. The molecule has 0 bridgehead atoms. The molecule has 0 saturated heterocycles. The lowest BCUT2D eigenvalue weighted by Crippen LogP contribution is -2.31. The largest absolute Gasteiger partial charge is 0.491 e. The van der Waals surface area contributed by atoms with Crippen LogP contribution in [-0.4, -0.2) is 53.2 Å². The molecule has 2 atom stereocenters. The van der Waals surface area contributed by atoms with E-state index < -0.39 is 28.6 Å². The van der Waals surface area contributed by atoms with Crippen molar-refractivity contribution in [1.82, 2.24) is 19.1 Å². The maximum absolute atomic E-state index is 12.4. The van der Waals surface area contributed by atoms with Crippen molar-refractivity contribution >= 4 is 28.9 Å². The van der Waals surface area contributed by atoms with Crippen molar-refractivity contribution in [3.63, 3.8) is 0 Å². The average Bonchev–Trinajstić information content (AvgIpc) is 3.04. The van der Waals surface area contributed by atoms with Crippen LogP contribution in [0.25, 0.3) is 11.2 Å². The van der Waals surface area contributed by atoms with Crippen molar-refractivity contribution < 1.29 is 19.7 Å². The molecule has 10 nitrogen and oxygen atoms in total. The first-order valence-electron chi connectivity index (χ1n) is 9.14. The van der Waals surface area contributed by atoms with Crippen LogP contribution < -0.4 is 16.0 Å². The second kappa shape index (κ2) is 8.76. The van der Waals surface area contributed by atoms with Gasteiger partial charge in [0.15, 0.2) is 16.3 Å². The Morgan fingerprint density at radius 3 is 2.70 bits per heavy atom. The second-order valence-electron chi connectivity index (χ2n) is 6.82. The maximum Gasteiger partial charge on any atom is 0.329 e. The number of thioether (sulfide) groups is 1. The number of H-pyrrole nitrogens is 1. The summed E-state index contributed by atoms with van der Waals surface area (Å²) in [7, 11) is 1.45. The summed E-state index contributed by atoms with van der Waals surface area (Å²) < 4.78 is 8.25. The number of fused-ring (bicyclic) bond motifs is 1. The summed E-state index contributed by atoms with van der Waals surface area (Å²) in [5, 5.41) is 19.1. The van der Waals surface area contributed by atoms with Gasteiger partial charge in [0, 0.05) is 7.05 Å². The van der Waals surface area contributed by atoms with Gasteiger partial charge < -0.3 is 19.5 Å². The van der Waals surface area contributed by atoms with E-state index in [0.29, 0.717) is 5.75 Å². The first-order valence-corrected chi connectivity index (χ1v) is 10.0. The molecular weight excluding hydrogens is 412 g/mol. The SMILES string of the molecule is Cc1ccccc1OCC(O)Cn1c(SC(C)C(=O)O)nc2c1c(=O)[nH]c(=O)n2C. The van der Waals surface area contributed by atoms with Gasteiger partial charge in [-0.15, -0.1) is 0 Å². The number of aliphatic hydroxyl groups excluding tert-OH is 1. The number of aliphatic hydroxyl groups is 1. The molecule has 2 heterocycles. The lowest BCUT2D eigenvalue weighted by molar-refractivity contribution is -0.136. The number of aromatic amines is 1. The molecule has 0 spiro atoms. The van der Waals surface area contributed by atoms with E-state index in [1.165, 1.54) is 23.1 Å². The molecule has 160 valence electrons. The summed E-state index contributed by atoms with van der Waals surface area (Å²) in [6.45, 7) is 3.25. The van der Waals surface area contributed by atoms with Crippen molar-refractivity contribution in [3.05, 3.63) is 50.7 Å². The van der Waals surface area contributed by atoms with E-state index in [1.54, 1.807) is 6.07 Å². The van der Waals surface area contributed by atoms with Crippen molar-refractivity contribution in [2.45, 2.75) is 36.9 Å². The number of carbonyl (C=O) groups is 1. The Morgan fingerprint density at radius 2 is 2.03 bits per heavy atom. The summed E-state index contributed by atoms with van der Waals surface area (Å²) in [5.41, 5.74) is -0.204. The van der Waals surface area contributed by atoms with E-state index >= 15 is 0 Å². The topological polar surface area (TPSA) is 139 Å². The molecule has 2 aromatic heterocycles. The molecule has 3 N–H and O–H groups in total. The van der Waals surface area contributed by atoms with Gasteiger partial charge in [-0.25, -0.2) is 9.78 Å². The van der Waals surface area contributed by atoms with Crippen LogP contribution in [0.1, 0.15) is 12.5 Å². The fraction of sp³-hybridized carbons (Fsp3) is 0.368. The fourth-order valence-electron chi connectivity index (χ4n) is 2.85. The number of carboxylic acid groups (broad SMARTS) is 1. The molecule has 0 fully saturated rings. The smallest absolute Gasteiger partial charge is 0.329 e. The molecule has 0 aliphatic carbocycles. The number of para-hydroxylation sites is 1. The minimum absolute atomic E-state index is 0.0488. The van der Waals surface area contributed by atoms with Crippen LogP contribution in [0.4, 0.5) is 0 Å². The number of nitrogens with one attached hydrogen (secondary N) is 1. The summed E-state index contributed by atoms with van der Waals surface area (Å²) in [5.74, 6) is -0.425. The standard InChI is InChI=1S/C19H22N4O6S/c1-10-6-4-5-7-13(10)29-9-12(24)8-23-14-15(22(3)18(28)21-16(14)25)20-19(23)30-11(2)17(26)27/h4-7,11-12,24H,8-9H2,1-3H3,(H,26,27)(H,21,25,28). The lowest BCUT2D eigenvalue weighted by Gasteiger charge is -2.16. The molecule has 2 unspecified atom stereocenters. The average molecular weight is 434 g/mol. The van der Waals surface area contributed by atoms with Gasteiger partial charge in [-0.3, -0.25) is 19.1 Å². The molecule has 0 aliphatic rings. The highest BCUT2D eigenvalue weighted by atomic mass is 32.2. The zero-order valence-corrected chi connectivity index (χ0v) is 17.5. The number of ether oxygens (including phenoxy) is 1. The molecule has 0 saturated carbocycles. The highest BCUT2D eigenvalue weighted by Gasteiger charge is 2.23. The Hall–Kier alpha value is -3.05. The van der Waals surface area contributed by atoms with Gasteiger partial charge >= 0.3 is 11.7 Å². The van der Waals surface area contributed by atoms with Crippen molar-refractivity contribution in [1.29, 1.82) is 0 Å². The number of hydrogen-bond donors (Lipinski definition) is 3. The van der Waals surface area contributed by atoms with Gasteiger partial charge in [0.1, 0.15) is 23.7 Å². The van der Waals surface area contributed by atoms with Gasteiger partial charge in [-0.05, 0) is 25.5 Å². The van der Waals surface area contributed by atoms with E-state index in [1.807, 2.05) is 25.1 Å². The number of aliphatic carboxylic acids is 1. The Labute approximate surface area is 175 Å². The van der Waals surface area contributed by atoms with Crippen LogP contribution in [0.15, 0.2) is 39.0 Å². The van der Waals surface area contributed by atoms with E-state index in [9.17, 15) is 24.6 Å². The quantitative estimate of drug-likeness (QED) is 0.441. The maximum atomic E-state index is 12.4. The number of imidazole rings is 1. The first-order chi connectivity index (χ1) is 14.2. The number of nitrogens with zero attached hydrogens (tertiary/aromatic N) is 3. The molecule has 3 rings (SSSR count). The van der Waals surface area contributed by atoms with Crippen LogP contribution >= 0.6 is 11.8 Å². The van der Waals surface area contributed by atoms with Crippen LogP contribution in [-0.2, 0) is 18.4 Å². The molecular formula is C19H22N4O6S. The first kappa shape index (κ1) is 21.7. The highest BCUT2D eigenvalue weighted by molar-refractivity contribution is 8.00. The van der Waals surface area contributed by atoms with Crippen LogP contribution in [0.5, 0.6) is 5.75 Å². The highest BCUT2D eigenvalue weighted by Crippen LogP contribution is 2.26. The summed E-state index contributed by atoms with van der Waals surface area (Å²) >= 11 is 0.918. The van der Waals surface area contributed by atoms with E-state index in [0.717, 1.165) is 17.3 Å². The zero-order valence-electron chi connectivity index (χ0n) is 16.7. The fourth-order valence-corrected chi connectivity index (χ4v) is 3.70. The molecule has 0 aliphatic heterocycles. The minimum atomic E-state index is -1.05. The van der Waals surface area contributed by atoms with Gasteiger partial charge in [0.2, 0.25) is 0 Å². The predicted molar refractivity (Wildman–Crippen MR) is 111 cm³/mol. The molecule has 30 heavy (non-hydrogen) atoms. The molecule has 11 heteroatoms. The number of rotatable bonds is 8. The number of hydrogen-bond acceptors (Lipinski definition) is 7. The monoisotopic (exact) mass is 434 g/mol. The summed E-state index contributed by atoms with van der Waals surface area (Å²) in [6.07, 6.45) is -1.02. The van der Waals surface area contributed by atoms with Crippen LogP contribution in [0.2, 0.25) is 0 Å². The van der Waals surface area contributed by atoms with Gasteiger partial charge in [0.05, 0.1) is 6.54 Å². The lowest BCUT2D eigenvalue weighted by atomic mass is 10.2. The third kappa shape index (κ3) is 4.41. The Morgan fingerprint density at radius 1 is 1.33 bits per heavy atom. The molecule has 1 aromatic carbocycles. The number of carboxylic acids is 1. The second-order valence-corrected chi connectivity index (χ2v) is 8.13. The van der Waals surface area contributed by atoms with Crippen molar-refractivity contribution in [2.75, 3.05) is 6.61 Å². The van der Waals surface area contributed by atoms with Gasteiger partial charge in [-0.1, -0.05) is 30.0 Å². The van der Waals surface area contributed by atoms with Crippen molar-refractivity contribution in [2.24, 2.45) is 7.05 Å². The van der Waals surface area contributed by atoms with Crippen molar-refractivity contribution in [3.8, 4) is 5.75 Å². The third-order valence-electron chi connectivity index (χ3n) is 4.52. The summed E-state index contributed by atoms with van der Waals surface area (Å²) in [6, 6.07) is 7.36. The summed E-state index contributed by atoms with van der Waals surface area (Å²) in [4.78, 5) is 42.1.